The Labute approximate surface area is 111 Å². The Morgan fingerprint density at radius 3 is 2.88 bits per heavy atom. The van der Waals surface area contributed by atoms with Gasteiger partial charge in [-0.1, -0.05) is 30.1 Å². The first kappa shape index (κ1) is 12.6. The highest BCUT2D eigenvalue weighted by Crippen LogP contribution is 2.38. The average Bonchev–Trinajstić information content (AvgIpc) is 2.48. The summed E-state index contributed by atoms with van der Waals surface area (Å²) in [6.07, 6.45) is 1.12. The molecule has 0 saturated heterocycles. The highest BCUT2D eigenvalue weighted by atomic mass is 35.5. The molecule has 0 radical (unpaired) electrons. The molecule has 1 aromatic rings. The summed E-state index contributed by atoms with van der Waals surface area (Å²) in [6, 6.07) is 4.15. The maximum atomic E-state index is 6.31. The first-order chi connectivity index (χ1) is 7.74. The number of hydrogen-bond donors (Lipinski definition) is 1. The lowest BCUT2D eigenvalue weighted by Gasteiger charge is -2.20. The summed E-state index contributed by atoms with van der Waals surface area (Å²) < 4.78 is 0. The smallest absolute Gasteiger partial charge is 0.0457 e. The second-order valence-electron chi connectivity index (χ2n) is 3.87. The minimum Gasteiger partial charge on any atom is -0.310 e. The van der Waals surface area contributed by atoms with Crippen molar-refractivity contribution in [3.05, 3.63) is 33.3 Å². The van der Waals surface area contributed by atoms with Gasteiger partial charge >= 0.3 is 0 Å². The normalized spacial score (nSPS) is 20.3. The molecule has 1 aliphatic heterocycles. The van der Waals surface area contributed by atoms with Crippen LogP contribution in [0.25, 0.3) is 0 Å². The molecule has 0 aromatic heterocycles. The quantitative estimate of drug-likeness (QED) is 0.865. The van der Waals surface area contributed by atoms with E-state index in [-0.39, 0.29) is 0 Å². The molecule has 2 rings (SSSR count). The summed E-state index contributed by atoms with van der Waals surface area (Å²) in [7, 11) is 0. The Morgan fingerprint density at radius 1 is 1.38 bits per heavy atom. The van der Waals surface area contributed by atoms with Crippen LogP contribution in [0.15, 0.2) is 12.1 Å². The summed E-state index contributed by atoms with van der Waals surface area (Å²) in [6.45, 7) is 3.08. The molecule has 0 saturated carbocycles. The van der Waals surface area contributed by atoms with Crippen LogP contribution in [0.2, 0.25) is 10.0 Å². The first-order valence-corrected chi connectivity index (χ1v) is 7.43. The summed E-state index contributed by atoms with van der Waals surface area (Å²) in [5, 5.41) is 5.18. The molecule has 4 heteroatoms. The number of hydrogen-bond acceptors (Lipinski definition) is 2. The zero-order valence-corrected chi connectivity index (χ0v) is 11.6. The van der Waals surface area contributed by atoms with Crippen molar-refractivity contribution in [2.24, 2.45) is 0 Å². The Morgan fingerprint density at radius 2 is 2.12 bits per heavy atom. The van der Waals surface area contributed by atoms with Crippen molar-refractivity contribution in [1.29, 1.82) is 0 Å². The maximum Gasteiger partial charge on any atom is 0.0457 e. The van der Waals surface area contributed by atoms with Gasteiger partial charge in [0.2, 0.25) is 0 Å². The van der Waals surface area contributed by atoms with Gasteiger partial charge in [0.1, 0.15) is 0 Å². The lowest BCUT2D eigenvalue weighted by Crippen LogP contribution is -2.22. The molecule has 1 unspecified atom stereocenters. The molecule has 1 aromatic carbocycles. The molecule has 1 heterocycles. The molecule has 0 spiro atoms. The van der Waals surface area contributed by atoms with Crippen molar-refractivity contribution in [3.8, 4) is 0 Å². The van der Waals surface area contributed by atoms with Gasteiger partial charge in [0, 0.05) is 21.8 Å². The predicted octanol–water partition coefficient (Wildman–Crippen LogP) is 4.28. The van der Waals surface area contributed by atoms with E-state index in [4.69, 9.17) is 23.2 Å². The van der Waals surface area contributed by atoms with Crippen LogP contribution in [0.4, 0.5) is 0 Å². The van der Waals surface area contributed by atoms with E-state index in [0.29, 0.717) is 6.04 Å². The third-order valence-electron chi connectivity index (χ3n) is 2.84. The lowest BCUT2D eigenvalue weighted by molar-refractivity contribution is 0.541. The fourth-order valence-corrected chi connectivity index (χ4v) is 3.78. The fourth-order valence-electron chi connectivity index (χ4n) is 2.10. The first-order valence-electron chi connectivity index (χ1n) is 5.52. The van der Waals surface area contributed by atoms with Crippen molar-refractivity contribution in [3.63, 3.8) is 0 Å². The predicted molar refractivity (Wildman–Crippen MR) is 73.7 cm³/mol. The number of rotatable bonds is 2. The minimum absolute atomic E-state index is 0.348. The monoisotopic (exact) mass is 275 g/mol. The van der Waals surface area contributed by atoms with Gasteiger partial charge in [0.15, 0.2) is 0 Å². The molecule has 1 N–H and O–H groups in total. The van der Waals surface area contributed by atoms with Gasteiger partial charge in [0.25, 0.3) is 0 Å². The third kappa shape index (κ3) is 2.51. The SMILES string of the molecule is CCNC1CCSCc2c(Cl)ccc(Cl)c21. The van der Waals surface area contributed by atoms with E-state index in [0.717, 1.165) is 34.5 Å². The van der Waals surface area contributed by atoms with Gasteiger partial charge < -0.3 is 5.32 Å². The van der Waals surface area contributed by atoms with Crippen LogP contribution in [0.3, 0.4) is 0 Å². The average molecular weight is 276 g/mol. The van der Waals surface area contributed by atoms with Crippen molar-refractivity contribution < 1.29 is 0 Å². The standard InChI is InChI=1S/C12H15Cl2NS/c1-2-15-11-5-6-16-7-8-9(13)3-4-10(14)12(8)11/h3-4,11,15H,2,5-7H2,1H3. The van der Waals surface area contributed by atoms with Crippen molar-refractivity contribution in [2.45, 2.75) is 25.1 Å². The Kier molecular flexibility index (Phi) is 4.42. The van der Waals surface area contributed by atoms with E-state index in [1.54, 1.807) is 0 Å². The molecule has 88 valence electrons. The second-order valence-corrected chi connectivity index (χ2v) is 5.79. The van der Waals surface area contributed by atoms with E-state index >= 15 is 0 Å². The van der Waals surface area contributed by atoms with Gasteiger partial charge in [-0.2, -0.15) is 11.8 Å². The summed E-state index contributed by atoms with van der Waals surface area (Å²) in [4.78, 5) is 0. The van der Waals surface area contributed by atoms with E-state index in [9.17, 15) is 0 Å². The highest BCUT2D eigenvalue weighted by molar-refractivity contribution is 7.98. The minimum atomic E-state index is 0.348. The van der Waals surface area contributed by atoms with E-state index in [2.05, 4.69) is 12.2 Å². The number of thioether (sulfide) groups is 1. The topological polar surface area (TPSA) is 12.0 Å². The summed E-state index contributed by atoms with van der Waals surface area (Å²) in [5.41, 5.74) is 2.42. The van der Waals surface area contributed by atoms with E-state index in [1.165, 1.54) is 11.1 Å². The van der Waals surface area contributed by atoms with Crippen LogP contribution in [-0.2, 0) is 5.75 Å². The van der Waals surface area contributed by atoms with E-state index in [1.807, 2.05) is 23.9 Å². The zero-order valence-electron chi connectivity index (χ0n) is 9.22. The van der Waals surface area contributed by atoms with Crippen LogP contribution in [-0.4, -0.2) is 12.3 Å². The number of nitrogens with one attached hydrogen (secondary N) is 1. The van der Waals surface area contributed by atoms with Crippen LogP contribution in [0, 0.1) is 0 Å². The molecule has 1 atom stereocenters. The maximum absolute atomic E-state index is 6.31. The van der Waals surface area contributed by atoms with Crippen molar-refractivity contribution in [2.75, 3.05) is 12.3 Å². The Balaban J connectivity index is 2.46. The van der Waals surface area contributed by atoms with Gasteiger partial charge in [-0.25, -0.2) is 0 Å². The van der Waals surface area contributed by atoms with Crippen LogP contribution in [0.1, 0.15) is 30.5 Å². The summed E-state index contributed by atoms with van der Waals surface area (Å²) in [5.74, 6) is 2.12. The van der Waals surface area contributed by atoms with Gasteiger partial charge in [-0.3, -0.25) is 0 Å². The summed E-state index contributed by atoms with van der Waals surface area (Å²) >= 11 is 14.5. The molecule has 1 nitrogen and oxygen atoms in total. The molecule has 0 fully saturated rings. The van der Waals surface area contributed by atoms with Crippen LogP contribution < -0.4 is 5.32 Å². The lowest BCUT2D eigenvalue weighted by atomic mass is 9.99. The van der Waals surface area contributed by atoms with Crippen molar-refractivity contribution in [1.82, 2.24) is 5.32 Å². The molecule has 16 heavy (non-hydrogen) atoms. The molecule has 0 bridgehead atoms. The van der Waals surface area contributed by atoms with Gasteiger partial charge in [-0.15, -0.1) is 0 Å². The molecular formula is C12H15Cl2NS. The van der Waals surface area contributed by atoms with Crippen molar-refractivity contribution >= 4 is 35.0 Å². The number of benzene rings is 1. The Bertz CT molecular complexity index is 382. The van der Waals surface area contributed by atoms with E-state index < -0.39 is 0 Å². The highest BCUT2D eigenvalue weighted by Gasteiger charge is 2.22. The third-order valence-corrected chi connectivity index (χ3v) is 4.54. The second kappa shape index (κ2) is 5.63. The zero-order chi connectivity index (χ0) is 11.5. The Hall–Kier alpha value is 0.110. The largest absolute Gasteiger partial charge is 0.310 e. The fraction of sp³-hybridized carbons (Fsp3) is 0.500. The van der Waals surface area contributed by atoms with Gasteiger partial charge in [0.05, 0.1) is 0 Å². The van der Waals surface area contributed by atoms with Crippen LogP contribution in [0.5, 0.6) is 0 Å². The van der Waals surface area contributed by atoms with Crippen LogP contribution >= 0.6 is 35.0 Å². The molecule has 0 amide bonds. The number of fused-ring (bicyclic) bond motifs is 1. The molecule has 0 aliphatic carbocycles. The molecular weight excluding hydrogens is 261 g/mol. The van der Waals surface area contributed by atoms with Gasteiger partial charge in [-0.05, 0) is 42.0 Å². The number of halogens is 2. The molecule has 1 aliphatic rings.